The minimum absolute atomic E-state index is 0.0333. The van der Waals surface area contributed by atoms with Crippen molar-refractivity contribution in [2.75, 3.05) is 6.61 Å². The van der Waals surface area contributed by atoms with Gasteiger partial charge < -0.3 is 10.4 Å². The molecule has 1 aliphatic rings. The fourth-order valence-corrected chi connectivity index (χ4v) is 2.47. The second-order valence-corrected chi connectivity index (χ2v) is 5.50. The standard InChI is InChI=1S/C13H22F3NO2/c1-8(7-18)9(2)17-12(19)10-5-3-4-6-11(10)13(14,15)16/h8-11,18H,3-7H2,1-2H3,(H,17,19). The summed E-state index contributed by atoms with van der Waals surface area (Å²) in [7, 11) is 0. The summed E-state index contributed by atoms with van der Waals surface area (Å²) >= 11 is 0. The van der Waals surface area contributed by atoms with Gasteiger partial charge in [0.1, 0.15) is 0 Å². The summed E-state index contributed by atoms with van der Waals surface area (Å²) in [6.07, 6.45) is -2.80. The van der Waals surface area contributed by atoms with Crippen LogP contribution in [0.3, 0.4) is 0 Å². The number of hydrogen-bond donors (Lipinski definition) is 2. The number of alkyl halides is 3. The molecule has 0 heterocycles. The first kappa shape index (κ1) is 16.3. The third-order valence-electron chi connectivity index (χ3n) is 4.03. The summed E-state index contributed by atoms with van der Waals surface area (Å²) in [5, 5.41) is 11.6. The van der Waals surface area contributed by atoms with Gasteiger partial charge >= 0.3 is 6.18 Å². The molecule has 1 fully saturated rings. The maximum atomic E-state index is 12.9. The number of aliphatic hydroxyl groups is 1. The third-order valence-corrected chi connectivity index (χ3v) is 4.03. The Balaban J connectivity index is 2.67. The second kappa shape index (κ2) is 6.59. The number of aliphatic hydroxyl groups excluding tert-OH is 1. The average Bonchev–Trinajstić information content (AvgIpc) is 2.36. The number of rotatable bonds is 4. The largest absolute Gasteiger partial charge is 0.396 e. The molecule has 4 unspecified atom stereocenters. The topological polar surface area (TPSA) is 49.3 Å². The Hall–Kier alpha value is -0.780. The molecule has 1 amide bonds. The lowest BCUT2D eigenvalue weighted by atomic mass is 9.78. The van der Waals surface area contributed by atoms with Gasteiger partial charge in [-0.05, 0) is 25.7 Å². The highest BCUT2D eigenvalue weighted by Gasteiger charge is 2.48. The van der Waals surface area contributed by atoms with Crippen molar-refractivity contribution in [3.63, 3.8) is 0 Å². The van der Waals surface area contributed by atoms with E-state index in [4.69, 9.17) is 5.11 Å². The number of carbonyl (C=O) groups is 1. The minimum Gasteiger partial charge on any atom is -0.396 e. The summed E-state index contributed by atoms with van der Waals surface area (Å²) in [5.74, 6) is -3.22. The molecule has 2 N–H and O–H groups in total. The highest BCUT2D eigenvalue weighted by atomic mass is 19.4. The molecule has 3 nitrogen and oxygen atoms in total. The number of halogens is 3. The molecule has 6 heteroatoms. The van der Waals surface area contributed by atoms with E-state index in [0.29, 0.717) is 12.8 Å². The fourth-order valence-electron chi connectivity index (χ4n) is 2.47. The van der Waals surface area contributed by atoms with Crippen LogP contribution in [0.2, 0.25) is 0 Å². The Morgan fingerprint density at radius 3 is 2.42 bits per heavy atom. The van der Waals surface area contributed by atoms with Crippen molar-refractivity contribution >= 4 is 5.91 Å². The molecule has 0 aliphatic heterocycles. The first-order valence-electron chi connectivity index (χ1n) is 6.75. The molecule has 0 aromatic heterocycles. The van der Waals surface area contributed by atoms with Gasteiger partial charge in [0.15, 0.2) is 0 Å². The van der Waals surface area contributed by atoms with E-state index < -0.39 is 23.9 Å². The molecule has 0 aromatic rings. The number of amides is 1. The van der Waals surface area contributed by atoms with Crippen LogP contribution in [0.4, 0.5) is 13.2 Å². The van der Waals surface area contributed by atoms with Crippen molar-refractivity contribution < 1.29 is 23.1 Å². The highest BCUT2D eigenvalue weighted by Crippen LogP contribution is 2.41. The molecule has 112 valence electrons. The molecule has 0 radical (unpaired) electrons. The molecule has 0 spiro atoms. The lowest BCUT2D eigenvalue weighted by Gasteiger charge is -2.33. The Labute approximate surface area is 111 Å². The predicted octanol–water partition coefficient (Wildman–Crippen LogP) is 2.49. The molecule has 0 aromatic carbocycles. The second-order valence-electron chi connectivity index (χ2n) is 5.50. The summed E-state index contributed by atoms with van der Waals surface area (Å²) in [6.45, 7) is 3.34. The van der Waals surface area contributed by atoms with Crippen LogP contribution in [-0.2, 0) is 4.79 Å². The number of nitrogens with one attached hydrogen (secondary N) is 1. The molecular formula is C13H22F3NO2. The Bertz CT molecular complexity index is 307. The Morgan fingerprint density at radius 1 is 1.32 bits per heavy atom. The molecule has 1 aliphatic carbocycles. The quantitative estimate of drug-likeness (QED) is 0.831. The Kier molecular flexibility index (Phi) is 5.64. The van der Waals surface area contributed by atoms with E-state index in [9.17, 15) is 18.0 Å². The summed E-state index contributed by atoms with van der Waals surface area (Å²) in [4.78, 5) is 12.0. The zero-order valence-corrected chi connectivity index (χ0v) is 11.3. The van der Waals surface area contributed by atoms with Crippen LogP contribution >= 0.6 is 0 Å². The van der Waals surface area contributed by atoms with E-state index in [2.05, 4.69) is 5.32 Å². The Morgan fingerprint density at radius 2 is 1.89 bits per heavy atom. The van der Waals surface area contributed by atoms with E-state index in [1.54, 1.807) is 13.8 Å². The number of carbonyl (C=O) groups excluding carboxylic acids is 1. The van der Waals surface area contributed by atoms with Gasteiger partial charge in [-0.2, -0.15) is 13.2 Å². The van der Waals surface area contributed by atoms with E-state index >= 15 is 0 Å². The monoisotopic (exact) mass is 281 g/mol. The maximum Gasteiger partial charge on any atom is 0.392 e. The predicted molar refractivity (Wildman–Crippen MR) is 65.4 cm³/mol. The summed E-state index contributed by atoms with van der Waals surface area (Å²) in [5.41, 5.74) is 0. The van der Waals surface area contributed by atoms with Gasteiger partial charge in [-0.15, -0.1) is 0 Å². The van der Waals surface area contributed by atoms with Crippen molar-refractivity contribution in [1.29, 1.82) is 0 Å². The normalized spacial score (nSPS) is 27.7. The van der Waals surface area contributed by atoms with E-state index in [1.807, 2.05) is 0 Å². The van der Waals surface area contributed by atoms with Crippen LogP contribution in [0.15, 0.2) is 0 Å². The van der Waals surface area contributed by atoms with Gasteiger partial charge in [0.2, 0.25) is 5.91 Å². The van der Waals surface area contributed by atoms with Crippen molar-refractivity contribution in [3.8, 4) is 0 Å². The van der Waals surface area contributed by atoms with E-state index in [0.717, 1.165) is 0 Å². The van der Waals surface area contributed by atoms with Crippen molar-refractivity contribution in [3.05, 3.63) is 0 Å². The minimum atomic E-state index is -4.31. The highest BCUT2D eigenvalue weighted by molar-refractivity contribution is 5.79. The fraction of sp³-hybridized carbons (Fsp3) is 0.923. The number of hydrogen-bond acceptors (Lipinski definition) is 2. The van der Waals surface area contributed by atoms with Gasteiger partial charge in [0.25, 0.3) is 0 Å². The van der Waals surface area contributed by atoms with Crippen LogP contribution in [-0.4, -0.2) is 29.8 Å². The smallest absolute Gasteiger partial charge is 0.392 e. The molecular weight excluding hydrogens is 259 g/mol. The van der Waals surface area contributed by atoms with Crippen LogP contribution < -0.4 is 5.32 Å². The molecule has 0 bridgehead atoms. The van der Waals surface area contributed by atoms with Crippen LogP contribution in [0, 0.1) is 17.8 Å². The average molecular weight is 281 g/mol. The summed E-state index contributed by atoms with van der Waals surface area (Å²) < 4.78 is 38.7. The van der Waals surface area contributed by atoms with E-state index in [-0.39, 0.29) is 31.4 Å². The van der Waals surface area contributed by atoms with E-state index in [1.165, 1.54) is 0 Å². The lowest BCUT2D eigenvalue weighted by Crippen LogP contribution is -2.47. The lowest BCUT2D eigenvalue weighted by molar-refractivity contribution is -0.198. The van der Waals surface area contributed by atoms with Crippen LogP contribution in [0.5, 0.6) is 0 Å². The first-order valence-corrected chi connectivity index (χ1v) is 6.75. The van der Waals surface area contributed by atoms with Crippen LogP contribution in [0.25, 0.3) is 0 Å². The zero-order valence-electron chi connectivity index (χ0n) is 11.3. The van der Waals surface area contributed by atoms with Crippen molar-refractivity contribution in [2.45, 2.75) is 51.7 Å². The molecule has 19 heavy (non-hydrogen) atoms. The van der Waals surface area contributed by atoms with Gasteiger partial charge in [-0.25, -0.2) is 0 Å². The van der Waals surface area contributed by atoms with Crippen molar-refractivity contribution in [2.24, 2.45) is 17.8 Å². The molecule has 4 atom stereocenters. The molecule has 0 saturated heterocycles. The molecule has 1 saturated carbocycles. The van der Waals surface area contributed by atoms with Gasteiger partial charge in [-0.1, -0.05) is 19.8 Å². The van der Waals surface area contributed by atoms with Gasteiger partial charge in [0, 0.05) is 18.6 Å². The van der Waals surface area contributed by atoms with Gasteiger partial charge in [0.05, 0.1) is 5.92 Å². The first-order chi connectivity index (χ1) is 8.77. The zero-order chi connectivity index (χ0) is 14.6. The third kappa shape index (κ3) is 4.37. The SMILES string of the molecule is CC(CO)C(C)NC(=O)C1CCCCC1C(F)(F)F. The van der Waals surface area contributed by atoms with Crippen LogP contribution in [0.1, 0.15) is 39.5 Å². The molecule has 1 rings (SSSR count). The van der Waals surface area contributed by atoms with Crippen molar-refractivity contribution in [1.82, 2.24) is 5.32 Å². The van der Waals surface area contributed by atoms with Gasteiger partial charge in [-0.3, -0.25) is 4.79 Å². The maximum absolute atomic E-state index is 12.9. The summed E-state index contributed by atoms with van der Waals surface area (Å²) in [6, 6.07) is -0.326.